The predicted molar refractivity (Wildman–Crippen MR) is 83.1 cm³/mol. The van der Waals surface area contributed by atoms with E-state index in [-0.39, 0.29) is 5.75 Å². The van der Waals surface area contributed by atoms with Gasteiger partial charge in [-0.15, -0.1) is 0 Å². The zero-order chi connectivity index (χ0) is 14.1. The Labute approximate surface area is 131 Å². The van der Waals surface area contributed by atoms with Gasteiger partial charge in [0.25, 0.3) is 0 Å². The first-order chi connectivity index (χ1) is 9.65. The molecule has 1 aromatic heterocycles. The summed E-state index contributed by atoms with van der Waals surface area (Å²) < 4.78 is 0.801. The lowest BCUT2D eigenvalue weighted by Gasteiger charge is -2.13. The summed E-state index contributed by atoms with van der Waals surface area (Å²) in [7, 11) is 0. The summed E-state index contributed by atoms with van der Waals surface area (Å²) in [4.78, 5) is 8.99. The molecule has 1 aliphatic rings. The molecule has 0 amide bonds. The third-order valence-corrected chi connectivity index (χ3v) is 4.97. The molecule has 3 nitrogen and oxygen atoms in total. The number of hydrogen-bond acceptors (Lipinski definition) is 3. The molecule has 0 radical (unpaired) electrons. The molecule has 3 rings (SSSR count). The molecule has 1 N–H and O–H groups in total. The highest BCUT2D eigenvalue weighted by molar-refractivity contribution is 9.10. The average molecular weight is 354 g/mol. The van der Waals surface area contributed by atoms with Crippen molar-refractivity contribution in [2.24, 2.45) is 0 Å². The zero-order valence-corrected chi connectivity index (χ0v) is 13.2. The van der Waals surface area contributed by atoms with Crippen molar-refractivity contribution >= 4 is 27.5 Å². The van der Waals surface area contributed by atoms with E-state index in [9.17, 15) is 5.11 Å². The molecule has 20 heavy (non-hydrogen) atoms. The van der Waals surface area contributed by atoms with Crippen LogP contribution in [0.25, 0.3) is 11.4 Å². The Balaban J connectivity index is 2.08. The normalized spacial score (nSPS) is 15.7. The van der Waals surface area contributed by atoms with Gasteiger partial charge in [0.1, 0.15) is 10.9 Å². The molecule has 0 unspecified atom stereocenters. The summed E-state index contributed by atoms with van der Waals surface area (Å²) in [6.45, 7) is 0. The summed E-state index contributed by atoms with van der Waals surface area (Å²) in [5.41, 5.74) is 1.76. The average Bonchev–Trinajstić information content (AvgIpc) is 2.95. The quantitative estimate of drug-likeness (QED) is 0.779. The van der Waals surface area contributed by atoms with Crippen molar-refractivity contribution in [1.82, 2.24) is 9.97 Å². The monoisotopic (exact) mass is 352 g/mol. The van der Waals surface area contributed by atoms with E-state index in [0.29, 0.717) is 16.9 Å². The van der Waals surface area contributed by atoms with Crippen molar-refractivity contribution in [3.63, 3.8) is 0 Å². The maximum Gasteiger partial charge on any atom is 0.161 e. The van der Waals surface area contributed by atoms with Gasteiger partial charge in [0, 0.05) is 11.5 Å². The maximum absolute atomic E-state index is 9.58. The summed E-state index contributed by atoms with van der Waals surface area (Å²) >= 11 is 9.73. The highest BCUT2D eigenvalue weighted by Gasteiger charge is 2.23. The minimum atomic E-state index is 0.201. The van der Waals surface area contributed by atoms with Gasteiger partial charge >= 0.3 is 0 Å². The molecule has 1 saturated carbocycles. The topological polar surface area (TPSA) is 46.0 Å². The Morgan fingerprint density at radius 1 is 1.20 bits per heavy atom. The Morgan fingerprint density at radius 2 is 1.95 bits per heavy atom. The number of phenols is 1. The second-order valence-electron chi connectivity index (χ2n) is 5.07. The Hall–Kier alpha value is -1.13. The lowest BCUT2D eigenvalue weighted by Crippen LogP contribution is -2.02. The minimum Gasteiger partial charge on any atom is -0.508 e. The number of aromatic nitrogens is 2. The number of rotatable bonds is 2. The van der Waals surface area contributed by atoms with Crippen molar-refractivity contribution in [3.8, 4) is 17.1 Å². The first-order valence-corrected chi connectivity index (χ1v) is 7.84. The molecule has 0 spiro atoms. The summed E-state index contributed by atoms with van der Waals surface area (Å²) in [5, 5.41) is 10.0. The standard InChI is InChI=1S/C15H14BrClN2O/c16-12-13(9-4-1-2-5-9)18-15(19-14(12)17)10-6-3-7-11(20)8-10/h3,6-9,20H,1-2,4-5H2. The molecule has 5 heteroatoms. The van der Waals surface area contributed by atoms with E-state index in [1.807, 2.05) is 6.07 Å². The van der Waals surface area contributed by atoms with Crippen molar-refractivity contribution in [2.75, 3.05) is 0 Å². The van der Waals surface area contributed by atoms with Gasteiger partial charge < -0.3 is 5.11 Å². The SMILES string of the molecule is Oc1cccc(-c2nc(Cl)c(Br)c(C3CCCC3)n2)c1. The second kappa shape index (κ2) is 5.70. The zero-order valence-electron chi connectivity index (χ0n) is 10.8. The van der Waals surface area contributed by atoms with Crippen LogP contribution >= 0.6 is 27.5 Å². The Morgan fingerprint density at radius 3 is 2.65 bits per heavy atom. The highest BCUT2D eigenvalue weighted by Crippen LogP contribution is 2.39. The van der Waals surface area contributed by atoms with Crippen LogP contribution < -0.4 is 0 Å². The number of hydrogen-bond donors (Lipinski definition) is 1. The number of aromatic hydroxyl groups is 1. The molecular weight excluding hydrogens is 340 g/mol. The van der Waals surface area contributed by atoms with Crippen LogP contribution in [-0.4, -0.2) is 15.1 Å². The van der Waals surface area contributed by atoms with Gasteiger partial charge in [0.15, 0.2) is 5.82 Å². The van der Waals surface area contributed by atoms with E-state index in [2.05, 4.69) is 25.9 Å². The van der Waals surface area contributed by atoms with Crippen LogP contribution in [0.2, 0.25) is 5.15 Å². The first kappa shape index (κ1) is 13.8. The van der Waals surface area contributed by atoms with E-state index >= 15 is 0 Å². The Bertz CT molecular complexity index is 642. The van der Waals surface area contributed by atoms with Crippen LogP contribution in [-0.2, 0) is 0 Å². The van der Waals surface area contributed by atoms with Crippen LogP contribution in [0.5, 0.6) is 5.75 Å². The molecule has 1 aromatic carbocycles. The van der Waals surface area contributed by atoms with E-state index in [1.54, 1.807) is 18.2 Å². The summed E-state index contributed by atoms with van der Waals surface area (Å²) in [6, 6.07) is 6.93. The van der Waals surface area contributed by atoms with Gasteiger partial charge in [-0.3, -0.25) is 0 Å². The van der Waals surface area contributed by atoms with Crippen LogP contribution in [0.1, 0.15) is 37.3 Å². The fourth-order valence-electron chi connectivity index (χ4n) is 2.68. The van der Waals surface area contributed by atoms with Crippen LogP contribution in [0.15, 0.2) is 28.7 Å². The van der Waals surface area contributed by atoms with Gasteiger partial charge in [0.05, 0.1) is 10.2 Å². The third kappa shape index (κ3) is 2.67. The second-order valence-corrected chi connectivity index (χ2v) is 6.22. The smallest absolute Gasteiger partial charge is 0.161 e. The largest absolute Gasteiger partial charge is 0.508 e. The fraction of sp³-hybridized carbons (Fsp3) is 0.333. The molecule has 104 valence electrons. The third-order valence-electron chi connectivity index (χ3n) is 3.68. The lowest BCUT2D eigenvalue weighted by molar-refractivity contribution is 0.475. The van der Waals surface area contributed by atoms with E-state index in [4.69, 9.17) is 11.6 Å². The molecule has 1 fully saturated rings. The van der Waals surface area contributed by atoms with Crippen molar-refractivity contribution in [1.29, 1.82) is 0 Å². The molecule has 0 saturated heterocycles. The highest BCUT2D eigenvalue weighted by atomic mass is 79.9. The van der Waals surface area contributed by atoms with Crippen LogP contribution in [0.3, 0.4) is 0 Å². The van der Waals surface area contributed by atoms with Gasteiger partial charge in [-0.2, -0.15) is 0 Å². The van der Waals surface area contributed by atoms with Crippen molar-refractivity contribution in [3.05, 3.63) is 39.6 Å². The van der Waals surface area contributed by atoms with Crippen molar-refractivity contribution < 1.29 is 5.11 Å². The van der Waals surface area contributed by atoms with Gasteiger partial charge in [-0.25, -0.2) is 9.97 Å². The lowest BCUT2D eigenvalue weighted by atomic mass is 10.0. The first-order valence-electron chi connectivity index (χ1n) is 6.67. The minimum absolute atomic E-state index is 0.201. The van der Waals surface area contributed by atoms with Crippen LogP contribution in [0, 0.1) is 0 Å². The molecule has 1 aliphatic carbocycles. The number of nitrogens with zero attached hydrogens (tertiary/aromatic N) is 2. The van der Waals surface area contributed by atoms with Crippen molar-refractivity contribution in [2.45, 2.75) is 31.6 Å². The van der Waals surface area contributed by atoms with Gasteiger partial charge in [0.2, 0.25) is 0 Å². The van der Waals surface area contributed by atoms with E-state index in [0.717, 1.165) is 28.6 Å². The molecule has 0 aliphatic heterocycles. The number of phenolic OH excluding ortho intramolecular Hbond substituents is 1. The van der Waals surface area contributed by atoms with Gasteiger partial charge in [-0.1, -0.05) is 36.6 Å². The van der Waals surface area contributed by atoms with E-state index < -0.39 is 0 Å². The number of halogens is 2. The number of benzene rings is 1. The molecule has 0 bridgehead atoms. The summed E-state index contributed by atoms with van der Waals surface area (Å²) in [5.74, 6) is 1.21. The molecular formula is C15H14BrClN2O. The fourth-order valence-corrected chi connectivity index (χ4v) is 3.36. The molecule has 1 heterocycles. The van der Waals surface area contributed by atoms with Crippen LogP contribution in [0.4, 0.5) is 0 Å². The van der Waals surface area contributed by atoms with Gasteiger partial charge in [-0.05, 0) is 40.9 Å². The molecule has 2 aromatic rings. The Kier molecular flexibility index (Phi) is 3.94. The molecule has 0 atom stereocenters. The van der Waals surface area contributed by atoms with E-state index in [1.165, 1.54) is 12.8 Å². The predicted octanol–water partition coefficient (Wildman–Crippen LogP) is 4.92. The maximum atomic E-state index is 9.58. The summed E-state index contributed by atoms with van der Waals surface area (Å²) in [6.07, 6.45) is 4.76.